The third-order valence-electron chi connectivity index (χ3n) is 4.83. The summed E-state index contributed by atoms with van der Waals surface area (Å²) >= 11 is 0. The van der Waals surface area contributed by atoms with Gasteiger partial charge in [0.2, 0.25) is 0 Å². The van der Waals surface area contributed by atoms with Crippen LogP contribution in [0.15, 0.2) is 66.7 Å². The first kappa shape index (κ1) is 22.5. The van der Waals surface area contributed by atoms with E-state index < -0.39 is 7.12 Å². The van der Waals surface area contributed by atoms with Crippen molar-refractivity contribution in [3.8, 4) is 23.0 Å². The molecule has 0 aliphatic heterocycles. The van der Waals surface area contributed by atoms with Gasteiger partial charge < -0.3 is 29.0 Å². The summed E-state index contributed by atoms with van der Waals surface area (Å²) in [6.45, 7) is 0.852. The van der Waals surface area contributed by atoms with Crippen molar-refractivity contribution >= 4 is 12.6 Å². The van der Waals surface area contributed by atoms with Gasteiger partial charge in [0, 0.05) is 12.8 Å². The molecule has 3 aromatic rings. The molecule has 0 aliphatic rings. The summed E-state index contributed by atoms with van der Waals surface area (Å²) < 4.78 is 22.4. The van der Waals surface area contributed by atoms with Crippen molar-refractivity contribution in [3.05, 3.63) is 77.9 Å². The summed E-state index contributed by atoms with van der Waals surface area (Å²) in [6, 6.07) is 20.5. The first-order chi connectivity index (χ1) is 15.1. The predicted octanol–water partition coefficient (Wildman–Crippen LogP) is 2.63. The van der Waals surface area contributed by atoms with Crippen molar-refractivity contribution in [1.82, 2.24) is 0 Å². The summed E-state index contributed by atoms with van der Waals surface area (Å²) in [5, 5.41) is 19.0. The molecule has 0 aromatic heterocycles. The van der Waals surface area contributed by atoms with Crippen molar-refractivity contribution < 1.29 is 29.0 Å². The average Bonchev–Trinajstić information content (AvgIpc) is 2.80. The van der Waals surface area contributed by atoms with Gasteiger partial charge in [0.25, 0.3) is 0 Å². The van der Waals surface area contributed by atoms with Crippen LogP contribution in [0.1, 0.15) is 11.1 Å². The Bertz CT molecular complexity index is 976. The average molecular weight is 422 g/mol. The van der Waals surface area contributed by atoms with Crippen molar-refractivity contribution in [2.24, 2.45) is 0 Å². The maximum absolute atomic E-state index is 9.51. The minimum atomic E-state index is -1.58. The highest BCUT2D eigenvalue weighted by Crippen LogP contribution is 2.26. The van der Waals surface area contributed by atoms with Crippen LogP contribution < -0.4 is 24.4 Å². The van der Waals surface area contributed by atoms with E-state index in [2.05, 4.69) is 0 Å². The normalized spacial score (nSPS) is 10.5. The Morgan fingerprint density at radius 3 is 1.74 bits per heavy atom. The molecule has 31 heavy (non-hydrogen) atoms. The van der Waals surface area contributed by atoms with E-state index in [1.165, 1.54) is 0 Å². The third kappa shape index (κ3) is 6.67. The fourth-order valence-corrected chi connectivity index (χ4v) is 3.13. The molecule has 0 bridgehead atoms. The maximum atomic E-state index is 9.51. The molecule has 0 saturated carbocycles. The van der Waals surface area contributed by atoms with E-state index >= 15 is 0 Å². The Morgan fingerprint density at radius 1 is 0.677 bits per heavy atom. The first-order valence-corrected chi connectivity index (χ1v) is 10.1. The topological polar surface area (TPSA) is 77.4 Å². The van der Waals surface area contributed by atoms with Gasteiger partial charge in [-0.3, -0.25) is 0 Å². The zero-order chi connectivity index (χ0) is 22.1. The van der Waals surface area contributed by atoms with E-state index in [9.17, 15) is 10.0 Å². The van der Waals surface area contributed by atoms with E-state index in [1.54, 1.807) is 32.4 Å². The monoisotopic (exact) mass is 422 g/mol. The fourth-order valence-electron chi connectivity index (χ4n) is 3.13. The zero-order valence-corrected chi connectivity index (χ0v) is 17.8. The van der Waals surface area contributed by atoms with Crippen LogP contribution in [-0.2, 0) is 12.8 Å². The Kier molecular flexibility index (Phi) is 8.21. The van der Waals surface area contributed by atoms with E-state index in [1.807, 2.05) is 48.5 Å². The molecule has 0 amide bonds. The third-order valence-corrected chi connectivity index (χ3v) is 4.83. The number of hydrogen-bond acceptors (Lipinski definition) is 6. The highest BCUT2D eigenvalue weighted by Gasteiger charge is 2.15. The summed E-state index contributed by atoms with van der Waals surface area (Å²) in [7, 11) is 1.70. The molecule has 0 unspecified atom stereocenters. The Morgan fingerprint density at radius 2 is 1.23 bits per heavy atom. The molecule has 0 radical (unpaired) electrons. The van der Waals surface area contributed by atoms with E-state index in [4.69, 9.17) is 18.9 Å². The molecule has 7 heteroatoms. The van der Waals surface area contributed by atoms with Crippen molar-refractivity contribution in [3.63, 3.8) is 0 Å². The minimum Gasteiger partial charge on any atom is -0.497 e. The lowest BCUT2D eigenvalue weighted by molar-refractivity contribution is 0.272. The van der Waals surface area contributed by atoms with E-state index in [0.29, 0.717) is 43.0 Å². The van der Waals surface area contributed by atoms with Gasteiger partial charge in [-0.15, -0.1) is 0 Å². The van der Waals surface area contributed by atoms with Crippen LogP contribution in [0.2, 0.25) is 0 Å². The number of benzene rings is 3. The maximum Gasteiger partial charge on any atom is 0.488 e. The highest BCUT2D eigenvalue weighted by molar-refractivity contribution is 6.58. The van der Waals surface area contributed by atoms with Gasteiger partial charge in [0.15, 0.2) is 11.5 Å². The molecule has 0 atom stereocenters. The van der Waals surface area contributed by atoms with Crippen molar-refractivity contribution in [1.29, 1.82) is 0 Å². The molecular formula is C24H27BO6. The number of methoxy groups -OCH3 is 2. The van der Waals surface area contributed by atoms with Gasteiger partial charge in [-0.25, -0.2) is 0 Å². The molecule has 6 nitrogen and oxygen atoms in total. The Hall–Kier alpha value is -3.16. The van der Waals surface area contributed by atoms with Gasteiger partial charge in [0.1, 0.15) is 11.5 Å². The highest BCUT2D eigenvalue weighted by atomic mass is 16.5. The summed E-state index contributed by atoms with van der Waals surface area (Å²) in [4.78, 5) is 0. The summed E-state index contributed by atoms with van der Waals surface area (Å²) in [6.07, 6.45) is 1.37. The van der Waals surface area contributed by atoms with Crippen molar-refractivity contribution in [2.45, 2.75) is 12.8 Å². The number of rotatable bonds is 11. The summed E-state index contributed by atoms with van der Waals surface area (Å²) in [5.74, 6) is 2.63. The summed E-state index contributed by atoms with van der Waals surface area (Å²) in [5.41, 5.74) is 2.52. The van der Waals surface area contributed by atoms with E-state index in [0.717, 1.165) is 22.6 Å². The van der Waals surface area contributed by atoms with Crippen LogP contribution >= 0.6 is 0 Å². The number of ether oxygens (including phenoxy) is 4. The van der Waals surface area contributed by atoms with Crippen LogP contribution in [0.5, 0.6) is 23.0 Å². The molecule has 0 spiro atoms. The predicted molar refractivity (Wildman–Crippen MR) is 121 cm³/mol. The van der Waals surface area contributed by atoms with Gasteiger partial charge in [-0.05, 0) is 53.0 Å². The van der Waals surface area contributed by atoms with E-state index in [-0.39, 0.29) is 0 Å². The second-order valence-electron chi connectivity index (χ2n) is 6.98. The molecule has 2 N–H and O–H groups in total. The van der Waals surface area contributed by atoms with Crippen molar-refractivity contribution in [2.75, 3.05) is 27.4 Å². The molecule has 3 aromatic carbocycles. The van der Waals surface area contributed by atoms with Gasteiger partial charge >= 0.3 is 7.12 Å². The van der Waals surface area contributed by atoms with Gasteiger partial charge in [-0.2, -0.15) is 0 Å². The van der Waals surface area contributed by atoms with Crippen LogP contribution in [-0.4, -0.2) is 44.6 Å². The van der Waals surface area contributed by atoms with Crippen LogP contribution in [0, 0.1) is 0 Å². The lowest BCUT2D eigenvalue weighted by Crippen LogP contribution is -2.29. The molecule has 3 rings (SSSR count). The largest absolute Gasteiger partial charge is 0.497 e. The van der Waals surface area contributed by atoms with Crippen LogP contribution in [0.4, 0.5) is 0 Å². The van der Waals surface area contributed by atoms with Crippen LogP contribution in [0.25, 0.3) is 0 Å². The number of hydrogen-bond donors (Lipinski definition) is 2. The minimum absolute atomic E-state index is 0.344. The van der Waals surface area contributed by atoms with Gasteiger partial charge in [0.05, 0.1) is 27.4 Å². The van der Waals surface area contributed by atoms with Gasteiger partial charge in [-0.1, -0.05) is 30.3 Å². The smallest absolute Gasteiger partial charge is 0.488 e. The lowest BCUT2D eigenvalue weighted by Gasteiger charge is -2.15. The Labute approximate surface area is 183 Å². The molecule has 162 valence electrons. The molecule has 0 saturated heterocycles. The Balaban J connectivity index is 1.63. The fraction of sp³-hybridized carbons (Fsp3) is 0.250. The van der Waals surface area contributed by atoms with Crippen LogP contribution in [0.3, 0.4) is 0 Å². The molecule has 0 heterocycles. The second kappa shape index (κ2) is 11.3. The molecule has 0 aliphatic carbocycles. The zero-order valence-electron chi connectivity index (χ0n) is 17.8. The second-order valence-corrected chi connectivity index (χ2v) is 6.98. The first-order valence-electron chi connectivity index (χ1n) is 10.1. The molecular weight excluding hydrogens is 395 g/mol. The quantitative estimate of drug-likeness (QED) is 0.463. The lowest BCUT2D eigenvalue weighted by atomic mass is 9.80. The standard InChI is InChI=1S/C24H27BO6/c1-28-21-7-3-5-18(15-21)11-13-30-23-10-9-20(25(26)27)17-24(23)31-14-12-19-6-4-8-22(16-19)29-2/h3-10,15-17,26-27H,11-14H2,1-2H3. The SMILES string of the molecule is COc1cccc(CCOc2ccc(B(O)O)cc2OCCc2cccc(OC)c2)c1. The molecule has 0 fully saturated rings.